The fraction of sp³-hybridized carbons (Fsp3) is 0.600. The number of benzene rings is 1. The van der Waals surface area contributed by atoms with E-state index in [0.29, 0.717) is 19.0 Å². The number of guanidine groups is 1. The monoisotopic (exact) mass is 376 g/mol. The predicted molar refractivity (Wildman–Crippen MR) is 107 cm³/mol. The third kappa shape index (κ3) is 7.19. The first-order valence-electron chi connectivity index (χ1n) is 9.61. The van der Waals surface area contributed by atoms with Crippen molar-refractivity contribution in [1.82, 2.24) is 15.5 Å². The third-order valence-corrected chi connectivity index (χ3v) is 4.55. The maximum Gasteiger partial charge on any atom is 0.310 e. The van der Waals surface area contributed by atoms with E-state index in [1.165, 1.54) is 18.2 Å². The standard InChI is InChI=1S/C20H32N4O3/c1-4-21-20(22-13-16(2)19(25)26-3)23-14-17-7-5-6-8-18(17)15-24-9-11-27-12-10-24/h5-8,16H,4,9-15H2,1-3H3,(H2,21,22,23). The van der Waals surface area contributed by atoms with E-state index in [0.717, 1.165) is 39.4 Å². The highest BCUT2D eigenvalue weighted by Gasteiger charge is 2.14. The summed E-state index contributed by atoms with van der Waals surface area (Å²) < 4.78 is 10.2. The molecule has 0 bridgehead atoms. The molecule has 1 unspecified atom stereocenters. The van der Waals surface area contributed by atoms with E-state index in [1.54, 1.807) is 0 Å². The Labute approximate surface area is 162 Å². The number of carbonyl (C=O) groups is 1. The minimum absolute atomic E-state index is 0.228. The molecule has 1 aliphatic heterocycles. The molecule has 0 amide bonds. The fourth-order valence-corrected chi connectivity index (χ4v) is 2.91. The highest BCUT2D eigenvalue weighted by atomic mass is 16.5. The van der Waals surface area contributed by atoms with Gasteiger partial charge in [-0.3, -0.25) is 9.69 Å². The first kappa shape index (κ1) is 21.2. The van der Waals surface area contributed by atoms with Gasteiger partial charge in [0.1, 0.15) is 0 Å². The van der Waals surface area contributed by atoms with Crippen LogP contribution < -0.4 is 10.6 Å². The predicted octanol–water partition coefficient (Wildman–Crippen LogP) is 1.38. The summed E-state index contributed by atoms with van der Waals surface area (Å²) in [5.74, 6) is 0.246. The average Bonchev–Trinajstić information content (AvgIpc) is 2.71. The summed E-state index contributed by atoms with van der Waals surface area (Å²) in [5, 5.41) is 6.44. The summed E-state index contributed by atoms with van der Waals surface area (Å²) in [4.78, 5) is 18.7. The molecule has 7 heteroatoms. The summed E-state index contributed by atoms with van der Waals surface area (Å²) >= 11 is 0. The Kier molecular flexibility index (Phi) is 9.07. The number of esters is 1. The quantitative estimate of drug-likeness (QED) is 0.406. The van der Waals surface area contributed by atoms with Crippen molar-refractivity contribution in [3.8, 4) is 0 Å². The van der Waals surface area contributed by atoms with Gasteiger partial charge >= 0.3 is 5.97 Å². The Bertz CT molecular complexity index is 615. The van der Waals surface area contributed by atoms with Crippen LogP contribution in [-0.4, -0.2) is 63.3 Å². The molecule has 0 spiro atoms. The van der Waals surface area contributed by atoms with Gasteiger partial charge in [0, 0.05) is 32.7 Å². The first-order valence-corrected chi connectivity index (χ1v) is 9.61. The lowest BCUT2D eigenvalue weighted by Crippen LogP contribution is -2.40. The minimum atomic E-state index is -0.229. The normalized spacial score (nSPS) is 16.6. The number of nitrogens with zero attached hydrogens (tertiary/aromatic N) is 2. The molecule has 2 rings (SSSR count). The van der Waals surface area contributed by atoms with Gasteiger partial charge in [-0.05, 0) is 18.1 Å². The molecule has 27 heavy (non-hydrogen) atoms. The zero-order chi connectivity index (χ0) is 19.5. The number of methoxy groups -OCH3 is 1. The van der Waals surface area contributed by atoms with E-state index >= 15 is 0 Å². The van der Waals surface area contributed by atoms with E-state index in [2.05, 4.69) is 33.7 Å². The van der Waals surface area contributed by atoms with Crippen molar-refractivity contribution >= 4 is 11.9 Å². The maximum atomic E-state index is 11.6. The summed E-state index contributed by atoms with van der Waals surface area (Å²) in [5.41, 5.74) is 2.50. The smallest absolute Gasteiger partial charge is 0.310 e. The molecule has 1 aromatic carbocycles. The van der Waals surface area contributed by atoms with Gasteiger partial charge in [0.05, 0.1) is 32.8 Å². The lowest BCUT2D eigenvalue weighted by atomic mass is 10.1. The second-order valence-corrected chi connectivity index (χ2v) is 6.66. The zero-order valence-corrected chi connectivity index (χ0v) is 16.7. The van der Waals surface area contributed by atoms with Crippen LogP contribution in [0.2, 0.25) is 0 Å². The van der Waals surface area contributed by atoms with Crippen molar-refractivity contribution in [2.45, 2.75) is 26.9 Å². The van der Waals surface area contributed by atoms with Crippen molar-refractivity contribution in [2.75, 3.05) is 46.5 Å². The fourth-order valence-electron chi connectivity index (χ4n) is 2.91. The van der Waals surface area contributed by atoms with E-state index in [1.807, 2.05) is 19.9 Å². The SMILES string of the molecule is CCNC(=NCc1ccccc1CN1CCOCC1)NCC(C)C(=O)OC. The average molecular weight is 377 g/mol. The molecular weight excluding hydrogens is 344 g/mol. The van der Waals surface area contributed by atoms with Crippen LogP contribution in [0.5, 0.6) is 0 Å². The molecule has 1 aromatic rings. The van der Waals surface area contributed by atoms with Crippen LogP contribution in [0.25, 0.3) is 0 Å². The highest BCUT2D eigenvalue weighted by molar-refractivity contribution is 5.80. The Balaban J connectivity index is 1.98. The van der Waals surface area contributed by atoms with Crippen LogP contribution >= 0.6 is 0 Å². The summed E-state index contributed by atoms with van der Waals surface area (Å²) in [6.45, 7) is 10.1. The van der Waals surface area contributed by atoms with Crippen LogP contribution in [0.4, 0.5) is 0 Å². The molecule has 0 aliphatic carbocycles. The van der Waals surface area contributed by atoms with Gasteiger partial charge in [0.2, 0.25) is 0 Å². The third-order valence-electron chi connectivity index (χ3n) is 4.55. The van der Waals surface area contributed by atoms with Crippen LogP contribution in [0.3, 0.4) is 0 Å². The molecule has 0 aromatic heterocycles. The van der Waals surface area contributed by atoms with Gasteiger partial charge in [-0.2, -0.15) is 0 Å². The largest absolute Gasteiger partial charge is 0.469 e. The molecule has 1 atom stereocenters. The van der Waals surface area contributed by atoms with Crippen LogP contribution in [-0.2, 0) is 27.4 Å². The van der Waals surface area contributed by atoms with Crippen molar-refractivity contribution in [3.63, 3.8) is 0 Å². The van der Waals surface area contributed by atoms with E-state index in [-0.39, 0.29) is 11.9 Å². The van der Waals surface area contributed by atoms with Crippen LogP contribution in [0.1, 0.15) is 25.0 Å². The summed E-state index contributed by atoms with van der Waals surface area (Å²) in [6, 6.07) is 8.41. The molecule has 1 aliphatic rings. The molecule has 0 radical (unpaired) electrons. The number of nitrogens with one attached hydrogen (secondary N) is 2. The molecule has 1 fully saturated rings. The zero-order valence-electron chi connectivity index (χ0n) is 16.7. The number of aliphatic imine (C=N–C) groups is 1. The molecule has 7 nitrogen and oxygen atoms in total. The van der Waals surface area contributed by atoms with E-state index in [4.69, 9.17) is 14.5 Å². The van der Waals surface area contributed by atoms with Crippen molar-refractivity contribution in [3.05, 3.63) is 35.4 Å². The van der Waals surface area contributed by atoms with Crippen molar-refractivity contribution in [2.24, 2.45) is 10.9 Å². The van der Waals surface area contributed by atoms with Gasteiger partial charge in [-0.1, -0.05) is 31.2 Å². The molecule has 1 heterocycles. The maximum absolute atomic E-state index is 11.6. The van der Waals surface area contributed by atoms with Crippen LogP contribution in [0.15, 0.2) is 29.3 Å². The second-order valence-electron chi connectivity index (χ2n) is 6.66. The molecule has 2 N–H and O–H groups in total. The van der Waals surface area contributed by atoms with Crippen molar-refractivity contribution in [1.29, 1.82) is 0 Å². The summed E-state index contributed by atoms with van der Waals surface area (Å²) in [7, 11) is 1.41. The molecular formula is C20H32N4O3. The summed E-state index contributed by atoms with van der Waals surface area (Å²) in [6.07, 6.45) is 0. The number of hydrogen-bond donors (Lipinski definition) is 2. The van der Waals surface area contributed by atoms with E-state index < -0.39 is 0 Å². The number of carbonyl (C=O) groups excluding carboxylic acids is 1. The second kappa shape index (κ2) is 11.6. The molecule has 0 saturated carbocycles. The van der Waals surface area contributed by atoms with Gasteiger partial charge < -0.3 is 20.1 Å². The lowest BCUT2D eigenvalue weighted by Gasteiger charge is -2.27. The van der Waals surface area contributed by atoms with Gasteiger partial charge in [-0.15, -0.1) is 0 Å². The Morgan fingerprint density at radius 2 is 1.96 bits per heavy atom. The number of ether oxygens (including phenoxy) is 2. The Morgan fingerprint density at radius 1 is 1.26 bits per heavy atom. The van der Waals surface area contributed by atoms with Crippen LogP contribution in [0, 0.1) is 5.92 Å². The molecule has 1 saturated heterocycles. The number of rotatable bonds is 8. The first-order chi connectivity index (χ1) is 13.1. The minimum Gasteiger partial charge on any atom is -0.469 e. The van der Waals surface area contributed by atoms with Gasteiger partial charge in [0.15, 0.2) is 5.96 Å². The topological polar surface area (TPSA) is 75.2 Å². The number of hydrogen-bond acceptors (Lipinski definition) is 5. The Morgan fingerprint density at radius 3 is 2.63 bits per heavy atom. The van der Waals surface area contributed by atoms with Gasteiger partial charge in [-0.25, -0.2) is 4.99 Å². The molecule has 150 valence electrons. The highest BCUT2D eigenvalue weighted by Crippen LogP contribution is 2.14. The van der Waals surface area contributed by atoms with Crippen molar-refractivity contribution < 1.29 is 14.3 Å². The van der Waals surface area contributed by atoms with Gasteiger partial charge in [0.25, 0.3) is 0 Å². The Hall–Kier alpha value is -2.12. The van der Waals surface area contributed by atoms with E-state index in [9.17, 15) is 4.79 Å². The number of morpholine rings is 1. The lowest BCUT2D eigenvalue weighted by molar-refractivity contribution is -0.144.